The lowest BCUT2D eigenvalue weighted by molar-refractivity contribution is 0.432. The molecule has 0 unspecified atom stereocenters. The molecule has 0 N–H and O–H groups in total. The van der Waals surface area contributed by atoms with E-state index in [1.54, 1.807) is 0 Å². The molecule has 1 spiro atoms. The molecule has 6 aromatic carbocycles. The monoisotopic (exact) mass is 904 g/mol. The SMILES string of the molecule is CC(C)(C)c1cc(C(C)(C)C)c(Op2oc3ccccc3c3ccccc3o2)c2c1CCC21CCc2c(C(C)(C)C)cc(C(C)(C)C)c(Op3oc4ccccc4c4ccccc4o3)c21. The molecule has 0 saturated heterocycles. The molecule has 0 atom stereocenters. The lowest BCUT2D eigenvalue weighted by atomic mass is 9.69. The Morgan fingerprint density at radius 3 is 0.954 bits per heavy atom. The van der Waals surface area contributed by atoms with Gasteiger partial charge in [0.05, 0.1) is 0 Å². The first-order chi connectivity index (χ1) is 30.7. The fourth-order valence-corrected chi connectivity index (χ4v) is 12.8. The minimum atomic E-state index is -1.95. The third-order valence-corrected chi connectivity index (χ3v) is 15.8. The van der Waals surface area contributed by atoms with Crippen LogP contribution in [0.2, 0.25) is 0 Å². The van der Waals surface area contributed by atoms with Crippen LogP contribution < -0.4 is 9.05 Å². The van der Waals surface area contributed by atoms with E-state index in [4.69, 9.17) is 25.8 Å². The van der Waals surface area contributed by atoms with Crippen molar-refractivity contribution in [3.05, 3.63) is 154 Å². The van der Waals surface area contributed by atoms with E-state index in [0.29, 0.717) is 0 Å². The Morgan fingerprint density at radius 2 is 0.677 bits per heavy atom. The molecule has 0 bridgehead atoms. The molecular weight excluding hydrogens is 843 g/mol. The van der Waals surface area contributed by atoms with Crippen LogP contribution in [0.1, 0.15) is 140 Å². The zero-order valence-corrected chi connectivity index (χ0v) is 41.9. The van der Waals surface area contributed by atoms with Crippen molar-refractivity contribution in [1.29, 1.82) is 0 Å². The average Bonchev–Trinajstić information content (AvgIpc) is 3.71. The van der Waals surface area contributed by atoms with Crippen LogP contribution in [-0.4, -0.2) is 0 Å². The van der Waals surface area contributed by atoms with Gasteiger partial charge in [0, 0.05) is 49.2 Å². The molecule has 65 heavy (non-hydrogen) atoms. The Morgan fingerprint density at radius 1 is 0.400 bits per heavy atom. The lowest BCUT2D eigenvalue weighted by Crippen LogP contribution is -2.28. The first-order valence-corrected chi connectivity index (χ1v) is 25.4. The summed E-state index contributed by atoms with van der Waals surface area (Å²) >= 11 is 0. The second-order valence-electron chi connectivity index (χ2n) is 22.4. The Bertz CT molecular complexity index is 2930. The topological polar surface area (TPSA) is 71.0 Å². The van der Waals surface area contributed by atoms with Crippen molar-refractivity contribution in [3.8, 4) is 11.5 Å². The Labute approximate surface area is 385 Å². The molecule has 0 amide bonds. The van der Waals surface area contributed by atoms with Crippen LogP contribution in [0.25, 0.3) is 43.9 Å². The molecule has 8 heteroatoms. The normalized spacial score (nSPS) is 15.0. The zero-order valence-electron chi connectivity index (χ0n) is 40.1. The van der Waals surface area contributed by atoms with Gasteiger partial charge < -0.3 is 25.8 Å². The van der Waals surface area contributed by atoms with Crippen molar-refractivity contribution in [2.45, 2.75) is 136 Å². The van der Waals surface area contributed by atoms with Crippen LogP contribution in [0, 0.1) is 0 Å². The van der Waals surface area contributed by atoms with E-state index in [1.165, 1.54) is 33.4 Å². The van der Waals surface area contributed by atoms with Crippen molar-refractivity contribution < 1.29 is 25.8 Å². The molecule has 0 radical (unpaired) electrons. The maximum Gasteiger partial charge on any atom is 0.453 e. The van der Waals surface area contributed by atoms with E-state index in [9.17, 15) is 0 Å². The molecule has 2 aromatic heterocycles. The summed E-state index contributed by atoms with van der Waals surface area (Å²) in [5.41, 5.74) is 11.9. The molecule has 6 nitrogen and oxygen atoms in total. The molecule has 0 fully saturated rings. The Kier molecular flexibility index (Phi) is 10.3. The van der Waals surface area contributed by atoms with E-state index in [2.05, 4.69) is 119 Å². The number of fused-ring (bicyclic) bond motifs is 10. The largest absolute Gasteiger partial charge is 0.453 e. The van der Waals surface area contributed by atoms with Crippen LogP contribution in [0.15, 0.2) is 126 Å². The minimum absolute atomic E-state index is 0.136. The standard InChI is InChI=1S/C57H62O6P2/c1-53(2,3)41-33-43(55(7,8)9)51(62-64-58-45-25-17-13-21-35(45)36-22-14-18-26-46(36)59-64)49-39(41)29-31-57(49)32-30-40-42(54(4,5)6)34-44(56(10,11)12)52(50(40)57)63-65-60-47-27-19-15-23-37(47)38-24-16-20-28-48(38)61-65/h13-28,33-34H,29-32H2,1-12H3. The van der Waals surface area contributed by atoms with Crippen molar-refractivity contribution in [2.24, 2.45) is 0 Å². The van der Waals surface area contributed by atoms with E-state index >= 15 is 0 Å². The van der Waals surface area contributed by atoms with Crippen molar-refractivity contribution in [2.75, 3.05) is 0 Å². The molecule has 2 aliphatic rings. The van der Waals surface area contributed by atoms with Crippen molar-refractivity contribution in [1.82, 2.24) is 0 Å². The third-order valence-electron chi connectivity index (χ3n) is 13.7. The number of hydrogen-bond donors (Lipinski definition) is 0. The summed E-state index contributed by atoms with van der Waals surface area (Å²) in [6.07, 6.45) is 3.62. The van der Waals surface area contributed by atoms with Crippen molar-refractivity contribution in [3.63, 3.8) is 0 Å². The maximum absolute atomic E-state index is 7.53. The van der Waals surface area contributed by atoms with Gasteiger partial charge in [0.25, 0.3) is 0 Å². The zero-order chi connectivity index (χ0) is 45.8. The fourth-order valence-electron chi connectivity index (χ4n) is 10.7. The van der Waals surface area contributed by atoms with Gasteiger partial charge in [-0.15, -0.1) is 0 Å². The number of rotatable bonds is 4. The van der Waals surface area contributed by atoms with Gasteiger partial charge in [-0.05, 0) is 93.9 Å². The predicted octanol–water partition coefficient (Wildman–Crippen LogP) is 17.9. The summed E-state index contributed by atoms with van der Waals surface area (Å²) in [6.45, 7) is 27.9. The quantitative estimate of drug-likeness (QED) is 0.175. The van der Waals surface area contributed by atoms with Gasteiger partial charge in [-0.3, -0.25) is 0 Å². The smallest absolute Gasteiger partial charge is 0.390 e. The first kappa shape index (κ1) is 43.6. The van der Waals surface area contributed by atoms with Gasteiger partial charge in [-0.2, -0.15) is 0 Å². The maximum atomic E-state index is 7.53. The third kappa shape index (κ3) is 7.50. The van der Waals surface area contributed by atoms with E-state index in [-0.39, 0.29) is 21.7 Å². The van der Waals surface area contributed by atoms with Gasteiger partial charge in [-0.25, -0.2) is 0 Å². The van der Waals surface area contributed by atoms with Crippen LogP contribution in [0.5, 0.6) is 11.5 Å². The lowest BCUT2D eigenvalue weighted by Gasteiger charge is -2.36. The molecule has 0 saturated carbocycles. The van der Waals surface area contributed by atoms with Crippen LogP contribution in [-0.2, 0) is 39.9 Å². The van der Waals surface area contributed by atoms with E-state index in [0.717, 1.165) is 92.2 Å². The second kappa shape index (κ2) is 15.4. The molecule has 2 heterocycles. The summed E-state index contributed by atoms with van der Waals surface area (Å²) in [7, 11) is -3.89. The van der Waals surface area contributed by atoms with Crippen molar-refractivity contribution >= 4 is 60.4 Å². The summed E-state index contributed by atoms with van der Waals surface area (Å²) in [5, 5.41) is 3.96. The highest BCUT2D eigenvalue weighted by Gasteiger charge is 2.53. The minimum Gasteiger partial charge on any atom is -0.390 e. The van der Waals surface area contributed by atoms with Gasteiger partial charge in [0.1, 0.15) is 33.8 Å². The van der Waals surface area contributed by atoms with E-state index in [1.807, 2.05) is 72.8 Å². The highest BCUT2D eigenvalue weighted by atomic mass is 31.1. The van der Waals surface area contributed by atoms with Gasteiger partial charge >= 0.3 is 16.5 Å². The van der Waals surface area contributed by atoms with Crippen LogP contribution >= 0.6 is 16.5 Å². The molecule has 2 aliphatic carbocycles. The second-order valence-corrected chi connectivity index (χ2v) is 24.4. The van der Waals surface area contributed by atoms with Gasteiger partial charge in [0.15, 0.2) is 0 Å². The summed E-state index contributed by atoms with van der Waals surface area (Å²) < 4.78 is 42.6. The first-order valence-electron chi connectivity index (χ1n) is 23.2. The molecule has 10 rings (SSSR count). The van der Waals surface area contributed by atoms with Crippen LogP contribution in [0.4, 0.5) is 0 Å². The summed E-state index contributed by atoms with van der Waals surface area (Å²) in [5.74, 6) is 1.74. The van der Waals surface area contributed by atoms with E-state index < -0.39 is 21.9 Å². The highest BCUT2D eigenvalue weighted by Crippen LogP contribution is 2.64. The van der Waals surface area contributed by atoms with Gasteiger partial charge in [-0.1, -0.05) is 168 Å². The average molecular weight is 905 g/mol. The Balaban J connectivity index is 1.31. The Hall–Kier alpha value is -5.28. The molecule has 0 aliphatic heterocycles. The summed E-state index contributed by atoms with van der Waals surface area (Å²) in [6, 6.07) is 37.6. The molecular formula is C57H62O6P2. The van der Waals surface area contributed by atoms with Gasteiger partial charge in [0.2, 0.25) is 0 Å². The van der Waals surface area contributed by atoms with Crippen LogP contribution in [0.3, 0.4) is 0 Å². The summed E-state index contributed by atoms with van der Waals surface area (Å²) in [4.78, 5) is 0. The number of hydrogen-bond acceptors (Lipinski definition) is 6. The highest BCUT2D eigenvalue weighted by molar-refractivity contribution is 7.32. The fraction of sp³-hybridized carbons (Fsp3) is 0.368. The number of benzene rings is 6. The number of para-hydroxylation sites is 4. The predicted molar refractivity (Wildman–Crippen MR) is 270 cm³/mol. The molecule has 336 valence electrons. The molecule has 8 aromatic rings.